The molecule has 8 heteroatoms. The highest BCUT2D eigenvalue weighted by Gasteiger charge is 2.42. The van der Waals surface area contributed by atoms with E-state index in [4.69, 9.17) is 4.74 Å². The van der Waals surface area contributed by atoms with Gasteiger partial charge >= 0.3 is 6.18 Å². The SMILES string of the molecule is COc1ccccc1C[C@@H]1CCCN1S(=O)(=O)c1ccccc1C(F)(F)F. The van der Waals surface area contributed by atoms with Crippen LogP contribution in [0.1, 0.15) is 24.0 Å². The summed E-state index contributed by atoms with van der Waals surface area (Å²) in [5, 5.41) is 0. The van der Waals surface area contributed by atoms with Crippen molar-refractivity contribution in [1.82, 2.24) is 4.31 Å². The van der Waals surface area contributed by atoms with Crippen LogP contribution in [0.5, 0.6) is 5.75 Å². The number of para-hydroxylation sites is 1. The quantitative estimate of drug-likeness (QED) is 0.760. The average molecular weight is 399 g/mol. The third kappa shape index (κ3) is 3.96. The lowest BCUT2D eigenvalue weighted by Crippen LogP contribution is -2.37. The summed E-state index contributed by atoms with van der Waals surface area (Å²) in [6.07, 6.45) is -3.16. The van der Waals surface area contributed by atoms with Gasteiger partial charge in [-0.05, 0) is 43.0 Å². The Kier molecular flexibility index (Phi) is 5.48. The average Bonchev–Trinajstić information content (AvgIpc) is 3.10. The van der Waals surface area contributed by atoms with E-state index in [1.54, 1.807) is 6.07 Å². The maximum Gasteiger partial charge on any atom is 0.417 e. The van der Waals surface area contributed by atoms with Crippen LogP contribution in [0.15, 0.2) is 53.4 Å². The molecule has 1 saturated heterocycles. The van der Waals surface area contributed by atoms with Gasteiger partial charge in [0.2, 0.25) is 10.0 Å². The van der Waals surface area contributed by atoms with Gasteiger partial charge in [-0.25, -0.2) is 8.42 Å². The fourth-order valence-corrected chi connectivity index (χ4v) is 5.41. The zero-order valence-corrected chi connectivity index (χ0v) is 15.6. The Morgan fingerprint density at radius 2 is 1.78 bits per heavy atom. The maximum absolute atomic E-state index is 13.3. The summed E-state index contributed by atoms with van der Waals surface area (Å²) < 4.78 is 72.5. The van der Waals surface area contributed by atoms with E-state index in [0.29, 0.717) is 25.0 Å². The lowest BCUT2D eigenvalue weighted by Gasteiger charge is -2.26. The van der Waals surface area contributed by atoms with Crippen LogP contribution in [0.25, 0.3) is 0 Å². The summed E-state index contributed by atoms with van der Waals surface area (Å²) >= 11 is 0. The van der Waals surface area contributed by atoms with E-state index in [1.807, 2.05) is 18.2 Å². The van der Waals surface area contributed by atoms with Crippen LogP contribution in [0, 0.1) is 0 Å². The van der Waals surface area contributed by atoms with Crippen molar-refractivity contribution in [2.45, 2.75) is 36.4 Å². The number of sulfonamides is 1. The van der Waals surface area contributed by atoms with E-state index >= 15 is 0 Å². The Hall–Kier alpha value is -2.06. The molecule has 1 heterocycles. The highest BCUT2D eigenvalue weighted by Crippen LogP contribution is 2.37. The first-order valence-corrected chi connectivity index (χ1v) is 9.99. The zero-order valence-electron chi connectivity index (χ0n) is 14.7. The molecular formula is C19H20F3NO3S. The van der Waals surface area contributed by atoms with Gasteiger partial charge in [0.1, 0.15) is 5.75 Å². The molecule has 3 rings (SSSR count). The van der Waals surface area contributed by atoms with Gasteiger partial charge in [0.15, 0.2) is 0 Å². The molecule has 0 saturated carbocycles. The molecule has 1 aliphatic heterocycles. The van der Waals surface area contributed by atoms with E-state index in [0.717, 1.165) is 17.7 Å². The van der Waals surface area contributed by atoms with Crippen LogP contribution in [0.4, 0.5) is 13.2 Å². The molecule has 27 heavy (non-hydrogen) atoms. The molecule has 0 aromatic heterocycles. The third-order valence-electron chi connectivity index (χ3n) is 4.75. The summed E-state index contributed by atoms with van der Waals surface area (Å²) in [6, 6.07) is 11.2. The molecule has 0 aliphatic carbocycles. The second kappa shape index (κ2) is 7.52. The Labute approximate surface area is 156 Å². The van der Waals surface area contributed by atoms with Crippen molar-refractivity contribution in [3.63, 3.8) is 0 Å². The number of alkyl halides is 3. The van der Waals surface area contributed by atoms with Gasteiger partial charge in [-0.15, -0.1) is 0 Å². The fraction of sp³-hybridized carbons (Fsp3) is 0.368. The van der Waals surface area contributed by atoms with E-state index in [1.165, 1.54) is 23.5 Å². The molecule has 0 unspecified atom stereocenters. The fourth-order valence-electron chi connectivity index (χ4n) is 3.51. The lowest BCUT2D eigenvalue weighted by molar-refractivity contribution is -0.139. The predicted octanol–water partition coefficient (Wildman–Crippen LogP) is 4.11. The van der Waals surface area contributed by atoms with Crippen LogP contribution in [0.2, 0.25) is 0 Å². The van der Waals surface area contributed by atoms with Crippen molar-refractivity contribution in [2.24, 2.45) is 0 Å². The molecule has 0 N–H and O–H groups in total. The number of methoxy groups -OCH3 is 1. The number of rotatable bonds is 5. The van der Waals surface area contributed by atoms with Gasteiger partial charge in [-0.1, -0.05) is 30.3 Å². The van der Waals surface area contributed by atoms with Crippen molar-refractivity contribution < 1.29 is 26.3 Å². The molecule has 1 atom stereocenters. The molecule has 1 fully saturated rings. The molecule has 0 spiro atoms. The molecule has 1 aliphatic rings. The number of nitrogens with zero attached hydrogens (tertiary/aromatic N) is 1. The standard InChI is InChI=1S/C19H20F3NO3S/c1-26-17-10-4-2-7-14(17)13-15-8-6-12-23(15)27(24,25)18-11-5-3-9-16(18)19(20,21)22/h2-5,7,9-11,15H,6,8,12-13H2,1H3/t15-/m0/s1. The van der Waals surface area contributed by atoms with Gasteiger partial charge < -0.3 is 4.74 Å². The number of halogens is 3. The minimum atomic E-state index is -4.73. The second-order valence-corrected chi connectivity index (χ2v) is 8.28. The first-order chi connectivity index (χ1) is 12.7. The van der Waals surface area contributed by atoms with Crippen LogP contribution in [0.3, 0.4) is 0 Å². The highest BCUT2D eigenvalue weighted by molar-refractivity contribution is 7.89. The van der Waals surface area contributed by atoms with Crippen molar-refractivity contribution >= 4 is 10.0 Å². The topological polar surface area (TPSA) is 46.6 Å². The monoisotopic (exact) mass is 399 g/mol. The summed E-state index contributed by atoms with van der Waals surface area (Å²) in [4.78, 5) is -0.690. The van der Waals surface area contributed by atoms with E-state index < -0.39 is 32.7 Å². The third-order valence-corrected chi connectivity index (χ3v) is 6.76. The zero-order chi connectivity index (χ0) is 19.7. The molecule has 146 valence electrons. The summed E-state index contributed by atoms with van der Waals surface area (Å²) in [7, 11) is -2.74. The maximum atomic E-state index is 13.3. The Balaban J connectivity index is 1.95. The first kappa shape index (κ1) is 19.7. The largest absolute Gasteiger partial charge is 0.496 e. The van der Waals surface area contributed by atoms with Crippen LogP contribution in [-0.2, 0) is 22.6 Å². The van der Waals surface area contributed by atoms with Gasteiger partial charge in [-0.3, -0.25) is 0 Å². The number of hydrogen-bond donors (Lipinski definition) is 0. The van der Waals surface area contributed by atoms with Crippen molar-refractivity contribution in [2.75, 3.05) is 13.7 Å². The Morgan fingerprint density at radius 3 is 2.48 bits per heavy atom. The molecule has 2 aromatic rings. The van der Waals surface area contributed by atoms with Gasteiger partial charge in [0, 0.05) is 12.6 Å². The van der Waals surface area contributed by atoms with Crippen molar-refractivity contribution in [1.29, 1.82) is 0 Å². The van der Waals surface area contributed by atoms with Crippen molar-refractivity contribution in [3.05, 3.63) is 59.7 Å². The predicted molar refractivity (Wildman–Crippen MR) is 95.1 cm³/mol. The molecule has 2 aromatic carbocycles. The number of benzene rings is 2. The molecule has 4 nitrogen and oxygen atoms in total. The van der Waals surface area contributed by atoms with Gasteiger partial charge in [-0.2, -0.15) is 17.5 Å². The van der Waals surface area contributed by atoms with Gasteiger partial charge in [0.05, 0.1) is 17.6 Å². The summed E-state index contributed by atoms with van der Waals surface area (Å²) in [6.45, 7) is 0.203. The number of ether oxygens (including phenoxy) is 1. The summed E-state index contributed by atoms with van der Waals surface area (Å²) in [5.41, 5.74) is -0.302. The minimum Gasteiger partial charge on any atom is -0.496 e. The van der Waals surface area contributed by atoms with Crippen LogP contribution < -0.4 is 4.74 Å². The molecule has 0 bridgehead atoms. The Morgan fingerprint density at radius 1 is 1.11 bits per heavy atom. The Bertz CT molecular complexity index is 912. The molecular weight excluding hydrogens is 379 g/mol. The molecule has 0 radical (unpaired) electrons. The number of hydrogen-bond acceptors (Lipinski definition) is 3. The molecule has 0 amide bonds. The first-order valence-electron chi connectivity index (χ1n) is 8.55. The van der Waals surface area contributed by atoms with Crippen molar-refractivity contribution in [3.8, 4) is 5.75 Å². The van der Waals surface area contributed by atoms with E-state index in [2.05, 4.69) is 0 Å². The van der Waals surface area contributed by atoms with Crippen LogP contribution in [-0.4, -0.2) is 32.4 Å². The lowest BCUT2D eigenvalue weighted by atomic mass is 10.0. The van der Waals surface area contributed by atoms with Crippen LogP contribution >= 0.6 is 0 Å². The van der Waals surface area contributed by atoms with E-state index in [-0.39, 0.29) is 6.54 Å². The summed E-state index contributed by atoms with van der Waals surface area (Å²) in [5.74, 6) is 0.637. The second-order valence-electron chi connectivity index (χ2n) is 6.42. The minimum absolute atomic E-state index is 0.203. The van der Waals surface area contributed by atoms with Gasteiger partial charge in [0.25, 0.3) is 0 Å². The normalized spacial score (nSPS) is 18.6. The van der Waals surface area contributed by atoms with E-state index in [9.17, 15) is 21.6 Å². The smallest absolute Gasteiger partial charge is 0.417 e. The highest BCUT2D eigenvalue weighted by atomic mass is 32.2.